The van der Waals surface area contributed by atoms with Crippen LogP contribution in [0, 0.1) is 0 Å². The molecule has 0 aromatic heterocycles. The first-order valence-corrected chi connectivity index (χ1v) is 7.34. The Labute approximate surface area is 126 Å². The summed E-state index contributed by atoms with van der Waals surface area (Å²) in [6, 6.07) is 5.35. The summed E-state index contributed by atoms with van der Waals surface area (Å²) in [7, 11) is 1.47. The van der Waals surface area contributed by atoms with Gasteiger partial charge >= 0.3 is 6.18 Å². The Hall–Kier alpha value is -0.750. The third-order valence-electron chi connectivity index (χ3n) is 2.98. The zero-order valence-electron chi connectivity index (χ0n) is 11.9. The van der Waals surface area contributed by atoms with Gasteiger partial charge in [0, 0.05) is 23.2 Å². The van der Waals surface area contributed by atoms with Crippen molar-refractivity contribution in [1.82, 2.24) is 5.32 Å². The highest BCUT2D eigenvalue weighted by Gasteiger charge is 2.30. The predicted octanol–water partition coefficient (Wildman–Crippen LogP) is 4.51. The maximum absolute atomic E-state index is 12.5. The van der Waals surface area contributed by atoms with Crippen molar-refractivity contribution < 1.29 is 13.2 Å². The van der Waals surface area contributed by atoms with E-state index in [1.165, 1.54) is 11.9 Å². The molecule has 0 saturated heterocycles. The standard InChI is InChI=1S/C14H20BrF3N2/c1-4-7-19-10(2)12-8-11(15)5-6-13(12)20(3)9-14(16,17)18/h5-6,8,10,19H,4,7,9H2,1-3H3. The van der Waals surface area contributed by atoms with Crippen LogP contribution in [0.15, 0.2) is 22.7 Å². The van der Waals surface area contributed by atoms with Gasteiger partial charge in [0.05, 0.1) is 0 Å². The largest absolute Gasteiger partial charge is 0.405 e. The topological polar surface area (TPSA) is 15.3 Å². The number of anilines is 1. The lowest BCUT2D eigenvalue weighted by Crippen LogP contribution is -2.32. The molecule has 1 aromatic rings. The van der Waals surface area contributed by atoms with Crippen LogP contribution in [0.5, 0.6) is 0 Å². The molecular weight excluding hydrogens is 333 g/mol. The van der Waals surface area contributed by atoms with Gasteiger partial charge < -0.3 is 10.2 Å². The molecule has 1 rings (SSSR count). The monoisotopic (exact) mass is 352 g/mol. The van der Waals surface area contributed by atoms with Crippen LogP contribution in [-0.4, -0.2) is 26.3 Å². The fourth-order valence-electron chi connectivity index (χ4n) is 2.04. The molecule has 2 nitrogen and oxygen atoms in total. The van der Waals surface area contributed by atoms with Crippen LogP contribution in [0.25, 0.3) is 0 Å². The van der Waals surface area contributed by atoms with Gasteiger partial charge in [-0.15, -0.1) is 0 Å². The maximum atomic E-state index is 12.5. The third kappa shape index (κ3) is 5.32. The molecule has 1 N–H and O–H groups in total. The Kier molecular flexibility index (Phi) is 6.33. The summed E-state index contributed by atoms with van der Waals surface area (Å²) in [5.74, 6) is 0. The molecule has 0 spiro atoms. The molecule has 1 atom stereocenters. The van der Waals surface area contributed by atoms with E-state index in [1.54, 1.807) is 12.1 Å². The Bertz CT molecular complexity index is 435. The molecule has 0 aliphatic rings. The predicted molar refractivity (Wildman–Crippen MR) is 80.2 cm³/mol. The zero-order valence-corrected chi connectivity index (χ0v) is 13.5. The van der Waals surface area contributed by atoms with E-state index >= 15 is 0 Å². The minimum atomic E-state index is -4.21. The molecule has 0 aliphatic heterocycles. The normalized spacial score (nSPS) is 13.3. The summed E-state index contributed by atoms with van der Waals surface area (Å²) < 4.78 is 38.5. The number of rotatable bonds is 6. The minimum Gasteiger partial charge on any atom is -0.365 e. The third-order valence-corrected chi connectivity index (χ3v) is 3.48. The number of hydrogen-bond donors (Lipinski definition) is 1. The second-order valence-electron chi connectivity index (χ2n) is 4.85. The van der Waals surface area contributed by atoms with Crippen molar-refractivity contribution in [3.8, 4) is 0 Å². The highest BCUT2D eigenvalue weighted by Crippen LogP contribution is 2.30. The van der Waals surface area contributed by atoms with Crippen molar-refractivity contribution in [2.75, 3.05) is 25.0 Å². The van der Waals surface area contributed by atoms with Crippen molar-refractivity contribution in [2.45, 2.75) is 32.5 Å². The summed E-state index contributed by atoms with van der Waals surface area (Å²) in [5, 5.41) is 3.31. The van der Waals surface area contributed by atoms with Crippen molar-refractivity contribution in [1.29, 1.82) is 0 Å². The second kappa shape index (κ2) is 7.31. The number of hydrogen-bond acceptors (Lipinski definition) is 2. The molecule has 0 saturated carbocycles. The molecule has 0 heterocycles. The van der Waals surface area contributed by atoms with Gasteiger partial charge in [0.25, 0.3) is 0 Å². The Morgan fingerprint density at radius 1 is 1.35 bits per heavy atom. The van der Waals surface area contributed by atoms with Crippen LogP contribution in [0.4, 0.5) is 18.9 Å². The van der Waals surface area contributed by atoms with E-state index < -0.39 is 12.7 Å². The van der Waals surface area contributed by atoms with E-state index in [-0.39, 0.29) is 6.04 Å². The molecule has 1 aromatic carbocycles. The fourth-order valence-corrected chi connectivity index (χ4v) is 2.42. The lowest BCUT2D eigenvalue weighted by molar-refractivity contribution is -0.119. The quantitative estimate of drug-likeness (QED) is 0.810. The Balaban J connectivity index is 3.00. The number of alkyl halides is 3. The highest BCUT2D eigenvalue weighted by molar-refractivity contribution is 9.10. The number of benzene rings is 1. The van der Waals surface area contributed by atoms with E-state index in [0.717, 1.165) is 23.0 Å². The molecule has 0 bridgehead atoms. The molecule has 0 radical (unpaired) electrons. The van der Waals surface area contributed by atoms with E-state index in [1.807, 2.05) is 13.0 Å². The number of nitrogens with one attached hydrogen (secondary N) is 1. The van der Waals surface area contributed by atoms with Crippen molar-refractivity contribution >= 4 is 21.6 Å². The molecule has 0 amide bonds. The average Bonchev–Trinajstić information content (AvgIpc) is 2.33. The molecule has 6 heteroatoms. The number of nitrogens with zero attached hydrogens (tertiary/aromatic N) is 1. The summed E-state index contributed by atoms with van der Waals surface area (Å²) >= 11 is 3.37. The van der Waals surface area contributed by atoms with Crippen molar-refractivity contribution in [3.63, 3.8) is 0 Å². The molecule has 1 unspecified atom stereocenters. The van der Waals surface area contributed by atoms with E-state index in [9.17, 15) is 13.2 Å². The smallest absolute Gasteiger partial charge is 0.365 e. The minimum absolute atomic E-state index is 0.00173. The Morgan fingerprint density at radius 3 is 2.55 bits per heavy atom. The van der Waals surface area contributed by atoms with Crippen LogP contribution < -0.4 is 10.2 Å². The molecule has 0 fully saturated rings. The first-order chi connectivity index (χ1) is 9.24. The van der Waals surface area contributed by atoms with Crippen LogP contribution in [0.2, 0.25) is 0 Å². The molecule has 0 aliphatic carbocycles. The van der Waals surface area contributed by atoms with Crippen LogP contribution in [0.1, 0.15) is 31.9 Å². The lowest BCUT2D eigenvalue weighted by atomic mass is 10.1. The maximum Gasteiger partial charge on any atom is 0.405 e. The molecule has 114 valence electrons. The van der Waals surface area contributed by atoms with Gasteiger partial charge in [-0.3, -0.25) is 0 Å². The van der Waals surface area contributed by atoms with Gasteiger partial charge in [0.2, 0.25) is 0 Å². The SMILES string of the molecule is CCCNC(C)c1cc(Br)ccc1N(C)CC(F)(F)F. The van der Waals surface area contributed by atoms with Gasteiger partial charge in [-0.2, -0.15) is 13.2 Å². The van der Waals surface area contributed by atoms with Gasteiger partial charge in [-0.25, -0.2) is 0 Å². The fraction of sp³-hybridized carbons (Fsp3) is 0.571. The zero-order chi connectivity index (χ0) is 15.3. The van der Waals surface area contributed by atoms with Gasteiger partial charge in [-0.1, -0.05) is 22.9 Å². The van der Waals surface area contributed by atoms with Crippen molar-refractivity contribution in [2.24, 2.45) is 0 Å². The van der Waals surface area contributed by atoms with Crippen molar-refractivity contribution in [3.05, 3.63) is 28.2 Å². The van der Waals surface area contributed by atoms with E-state index in [2.05, 4.69) is 28.2 Å². The number of halogens is 4. The lowest BCUT2D eigenvalue weighted by Gasteiger charge is -2.26. The summed E-state index contributed by atoms with van der Waals surface area (Å²) in [6.07, 6.45) is -3.23. The van der Waals surface area contributed by atoms with E-state index in [0.29, 0.717) is 5.69 Å². The van der Waals surface area contributed by atoms with Crippen LogP contribution >= 0.6 is 15.9 Å². The summed E-state index contributed by atoms with van der Waals surface area (Å²) in [4.78, 5) is 1.24. The summed E-state index contributed by atoms with van der Waals surface area (Å²) in [6.45, 7) is 3.89. The Morgan fingerprint density at radius 2 is 2.00 bits per heavy atom. The van der Waals surface area contributed by atoms with Gasteiger partial charge in [0.1, 0.15) is 6.54 Å². The first kappa shape index (κ1) is 17.3. The van der Waals surface area contributed by atoms with Gasteiger partial charge in [0.15, 0.2) is 0 Å². The van der Waals surface area contributed by atoms with Crippen LogP contribution in [-0.2, 0) is 0 Å². The van der Waals surface area contributed by atoms with E-state index in [4.69, 9.17) is 0 Å². The molecule has 20 heavy (non-hydrogen) atoms. The van der Waals surface area contributed by atoms with Gasteiger partial charge in [-0.05, 0) is 43.7 Å². The molecular formula is C14H20BrF3N2. The second-order valence-corrected chi connectivity index (χ2v) is 5.77. The first-order valence-electron chi connectivity index (χ1n) is 6.55. The van der Waals surface area contributed by atoms with Crippen LogP contribution in [0.3, 0.4) is 0 Å². The average molecular weight is 353 g/mol. The summed E-state index contributed by atoms with van der Waals surface area (Å²) in [5.41, 5.74) is 1.46. The highest BCUT2D eigenvalue weighted by atomic mass is 79.9.